The van der Waals surface area contributed by atoms with Crippen LogP contribution in [0, 0.1) is 6.92 Å². The molecule has 0 bridgehead atoms. The smallest absolute Gasteiger partial charge is 0.232 e. The number of allylic oxidation sites excluding steroid dienone is 2. The van der Waals surface area contributed by atoms with Crippen molar-refractivity contribution in [1.29, 1.82) is 0 Å². The molecule has 5 heteroatoms. The van der Waals surface area contributed by atoms with Crippen molar-refractivity contribution in [2.75, 3.05) is 19.1 Å². The van der Waals surface area contributed by atoms with Gasteiger partial charge in [-0.25, -0.2) is 0 Å². The zero-order valence-electron chi connectivity index (χ0n) is 17.0. The van der Waals surface area contributed by atoms with Gasteiger partial charge in [0.15, 0.2) is 17.3 Å². The maximum atomic E-state index is 13.4. The zero-order valence-corrected chi connectivity index (χ0v) is 17.0. The first kappa shape index (κ1) is 19.2. The third kappa shape index (κ3) is 3.20. The lowest BCUT2D eigenvalue weighted by Gasteiger charge is -2.39. The topological polar surface area (TPSA) is 55.8 Å². The number of methoxy groups -OCH3 is 2. The highest BCUT2D eigenvalue weighted by atomic mass is 16.5. The normalized spacial score (nSPS) is 19.3. The molecule has 2 aliphatic rings. The Bertz CT molecular complexity index is 1010. The molecule has 5 nitrogen and oxygen atoms in total. The van der Waals surface area contributed by atoms with Gasteiger partial charge >= 0.3 is 0 Å². The van der Waals surface area contributed by atoms with Crippen molar-refractivity contribution in [2.24, 2.45) is 0 Å². The van der Waals surface area contributed by atoms with Crippen LogP contribution in [0.25, 0.3) is 0 Å². The summed E-state index contributed by atoms with van der Waals surface area (Å²) in [5.41, 5.74) is 4.28. The lowest BCUT2D eigenvalue weighted by molar-refractivity contribution is -0.119. The minimum Gasteiger partial charge on any atom is -0.493 e. The molecule has 0 spiro atoms. The summed E-state index contributed by atoms with van der Waals surface area (Å²) in [6.07, 6.45) is 2.21. The van der Waals surface area contributed by atoms with Gasteiger partial charge in [-0.05, 0) is 37.5 Å². The number of hydrogen-bond donors (Lipinski definition) is 0. The second-order valence-corrected chi connectivity index (χ2v) is 7.49. The fraction of sp³-hybridized carbons (Fsp3) is 0.333. The maximum absolute atomic E-state index is 13.4. The van der Waals surface area contributed by atoms with Gasteiger partial charge < -0.3 is 9.47 Å². The minimum absolute atomic E-state index is 0.00243. The molecule has 150 valence electrons. The maximum Gasteiger partial charge on any atom is 0.232 e. The van der Waals surface area contributed by atoms with Crippen molar-refractivity contribution in [1.82, 2.24) is 0 Å². The molecule has 0 radical (unpaired) electrons. The van der Waals surface area contributed by atoms with Crippen molar-refractivity contribution < 1.29 is 19.1 Å². The Kier molecular flexibility index (Phi) is 5.14. The molecule has 1 unspecified atom stereocenters. The zero-order chi connectivity index (χ0) is 20.5. The molecule has 1 heterocycles. The molecule has 2 aromatic carbocycles. The third-order valence-electron chi connectivity index (χ3n) is 5.84. The fourth-order valence-corrected chi connectivity index (χ4v) is 4.54. The number of Topliss-reactive ketones (excluding diaryl/α,β-unsaturated/α-hetero) is 1. The summed E-state index contributed by atoms with van der Waals surface area (Å²) in [5, 5.41) is 0. The molecule has 1 aliphatic carbocycles. The fourth-order valence-electron chi connectivity index (χ4n) is 4.54. The number of anilines is 1. The highest BCUT2D eigenvalue weighted by molar-refractivity contribution is 6.07. The van der Waals surface area contributed by atoms with Crippen LogP contribution in [0.5, 0.6) is 11.5 Å². The number of rotatable bonds is 4. The average Bonchev–Trinajstić information content (AvgIpc) is 2.73. The first-order valence-electron chi connectivity index (χ1n) is 9.92. The molecule has 1 atom stereocenters. The van der Waals surface area contributed by atoms with Crippen molar-refractivity contribution in [2.45, 2.75) is 38.5 Å². The number of ether oxygens (including phenoxy) is 2. The largest absolute Gasteiger partial charge is 0.493 e. The number of para-hydroxylation sites is 2. The number of nitrogens with zero attached hydrogens (tertiary/aromatic N) is 1. The van der Waals surface area contributed by atoms with Gasteiger partial charge in [0.25, 0.3) is 0 Å². The predicted octanol–water partition coefficient (Wildman–Crippen LogP) is 4.54. The lowest BCUT2D eigenvalue weighted by Crippen LogP contribution is -2.41. The van der Waals surface area contributed by atoms with E-state index in [0.29, 0.717) is 24.3 Å². The molecule has 0 saturated heterocycles. The van der Waals surface area contributed by atoms with Gasteiger partial charge in [0.1, 0.15) is 0 Å². The Hall–Kier alpha value is -3.08. The van der Waals surface area contributed by atoms with E-state index in [2.05, 4.69) is 0 Å². The molecule has 0 saturated carbocycles. The predicted molar refractivity (Wildman–Crippen MR) is 111 cm³/mol. The van der Waals surface area contributed by atoms with Crippen molar-refractivity contribution in [3.63, 3.8) is 0 Å². The van der Waals surface area contributed by atoms with Crippen LogP contribution in [-0.2, 0) is 9.59 Å². The van der Waals surface area contributed by atoms with Crippen LogP contribution in [0.2, 0.25) is 0 Å². The highest BCUT2D eigenvalue weighted by Crippen LogP contribution is 2.47. The Morgan fingerprint density at radius 1 is 0.966 bits per heavy atom. The summed E-state index contributed by atoms with van der Waals surface area (Å²) in [5.74, 6) is 0.983. The summed E-state index contributed by atoms with van der Waals surface area (Å²) in [7, 11) is 3.17. The van der Waals surface area contributed by atoms with E-state index in [1.165, 1.54) is 0 Å². The van der Waals surface area contributed by atoms with Gasteiger partial charge in [-0.2, -0.15) is 0 Å². The quantitative estimate of drug-likeness (QED) is 0.768. The van der Waals surface area contributed by atoms with Gasteiger partial charge in [0.2, 0.25) is 5.91 Å². The number of aryl methyl sites for hydroxylation is 1. The molecule has 1 aliphatic heterocycles. The molecular weight excluding hydrogens is 366 g/mol. The van der Waals surface area contributed by atoms with E-state index >= 15 is 0 Å². The number of amides is 1. The van der Waals surface area contributed by atoms with E-state index in [1.54, 1.807) is 19.1 Å². The summed E-state index contributed by atoms with van der Waals surface area (Å²) in [4.78, 5) is 28.2. The van der Waals surface area contributed by atoms with Gasteiger partial charge in [0, 0.05) is 35.6 Å². The number of hydrogen-bond acceptors (Lipinski definition) is 4. The van der Waals surface area contributed by atoms with E-state index < -0.39 is 0 Å². The van der Waals surface area contributed by atoms with E-state index in [0.717, 1.165) is 34.5 Å². The highest BCUT2D eigenvalue weighted by Gasteiger charge is 2.41. The average molecular weight is 391 g/mol. The number of ketones is 1. The summed E-state index contributed by atoms with van der Waals surface area (Å²) < 4.78 is 11.1. The van der Waals surface area contributed by atoms with Gasteiger partial charge in [-0.1, -0.05) is 30.3 Å². The third-order valence-corrected chi connectivity index (χ3v) is 5.84. The van der Waals surface area contributed by atoms with Crippen molar-refractivity contribution in [3.8, 4) is 11.5 Å². The standard InChI is InChI=1S/C24H25NO4/c1-15-8-4-5-10-18(15)25-19-11-7-12-20(26)23(19)17(14-22(25)27)16-9-6-13-21(28-2)24(16)29-3/h4-6,8-10,13,17H,7,11-12,14H2,1-3H3. The first-order chi connectivity index (χ1) is 14.1. The van der Waals surface area contributed by atoms with Crippen LogP contribution in [0.3, 0.4) is 0 Å². The summed E-state index contributed by atoms with van der Waals surface area (Å²) in [6.45, 7) is 1.99. The van der Waals surface area contributed by atoms with Gasteiger partial charge in [-0.15, -0.1) is 0 Å². The molecule has 0 fully saturated rings. The van der Waals surface area contributed by atoms with Crippen molar-refractivity contribution in [3.05, 3.63) is 64.9 Å². The van der Waals surface area contributed by atoms with E-state index in [1.807, 2.05) is 49.4 Å². The number of carbonyl (C=O) groups is 2. The molecule has 2 aromatic rings. The lowest BCUT2D eigenvalue weighted by atomic mass is 9.76. The van der Waals surface area contributed by atoms with Crippen LogP contribution in [0.1, 0.15) is 42.7 Å². The molecule has 0 aromatic heterocycles. The first-order valence-corrected chi connectivity index (χ1v) is 9.92. The van der Waals surface area contributed by atoms with Crippen LogP contribution >= 0.6 is 0 Å². The van der Waals surface area contributed by atoms with E-state index in [-0.39, 0.29) is 24.0 Å². The van der Waals surface area contributed by atoms with Crippen LogP contribution in [0.15, 0.2) is 53.7 Å². The molecular formula is C24H25NO4. The van der Waals surface area contributed by atoms with Crippen molar-refractivity contribution >= 4 is 17.4 Å². The Balaban J connectivity index is 1.91. The van der Waals surface area contributed by atoms with Crippen LogP contribution in [-0.4, -0.2) is 25.9 Å². The van der Waals surface area contributed by atoms with Crippen LogP contribution in [0.4, 0.5) is 5.69 Å². The molecule has 1 amide bonds. The molecule has 4 rings (SSSR count). The Morgan fingerprint density at radius 2 is 1.76 bits per heavy atom. The molecule has 0 N–H and O–H groups in total. The SMILES string of the molecule is COc1cccc(C2CC(=O)N(c3ccccc3C)C3=C2C(=O)CCC3)c1OC. The minimum atomic E-state index is -0.324. The summed E-state index contributed by atoms with van der Waals surface area (Å²) >= 11 is 0. The van der Waals surface area contributed by atoms with Gasteiger partial charge in [-0.3, -0.25) is 14.5 Å². The van der Waals surface area contributed by atoms with Crippen LogP contribution < -0.4 is 14.4 Å². The Morgan fingerprint density at radius 3 is 2.48 bits per heavy atom. The van der Waals surface area contributed by atoms with Gasteiger partial charge in [0.05, 0.1) is 19.9 Å². The van der Waals surface area contributed by atoms with E-state index in [9.17, 15) is 9.59 Å². The second-order valence-electron chi connectivity index (χ2n) is 7.49. The van der Waals surface area contributed by atoms with E-state index in [4.69, 9.17) is 9.47 Å². The second kappa shape index (κ2) is 7.74. The Labute approximate surface area is 170 Å². The summed E-state index contributed by atoms with van der Waals surface area (Å²) in [6, 6.07) is 13.5. The number of carbonyl (C=O) groups excluding carboxylic acids is 2. The monoisotopic (exact) mass is 391 g/mol. The molecule has 29 heavy (non-hydrogen) atoms. The number of benzene rings is 2.